The Morgan fingerprint density at radius 3 is 2.52 bits per heavy atom. The van der Waals surface area contributed by atoms with Gasteiger partial charge in [-0.15, -0.1) is 0 Å². The molecule has 210 valence electrons. The summed E-state index contributed by atoms with van der Waals surface area (Å²) in [6.07, 6.45) is 3.62. The highest BCUT2D eigenvalue weighted by Crippen LogP contribution is 2.42. The van der Waals surface area contributed by atoms with E-state index in [2.05, 4.69) is 60.0 Å². The van der Waals surface area contributed by atoms with Gasteiger partial charge in [0.15, 0.2) is 0 Å². The molecule has 3 N–H and O–H groups in total. The first kappa shape index (κ1) is 27.7. The summed E-state index contributed by atoms with van der Waals surface area (Å²) in [5, 5.41) is 15.6. The molecule has 0 radical (unpaired) electrons. The maximum atomic E-state index is 11.4. The van der Waals surface area contributed by atoms with Gasteiger partial charge < -0.3 is 25.2 Å². The molecular formula is C33H38N2O5. The van der Waals surface area contributed by atoms with Crippen LogP contribution < -0.4 is 20.1 Å². The quantitative estimate of drug-likeness (QED) is 0.262. The molecule has 2 aliphatic carbocycles. The van der Waals surface area contributed by atoms with E-state index in [1.807, 2.05) is 12.1 Å². The number of fused-ring (bicyclic) bond motifs is 1. The third-order valence-electron chi connectivity index (χ3n) is 8.02. The lowest BCUT2D eigenvalue weighted by molar-refractivity contribution is -0.139. The number of hydrogen-bond donors (Lipinski definition) is 3. The monoisotopic (exact) mass is 542 g/mol. The molecule has 5 rings (SSSR count). The molecule has 3 aromatic carbocycles. The van der Waals surface area contributed by atoms with Crippen molar-refractivity contribution in [2.24, 2.45) is 11.8 Å². The van der Waals surface area contributed by atoms with Crippen molar-refractivity contribution in [1.29, 1.82) is 0 Å². The molecule has 1 fully saturated rings. The van der Waals surface area contributed by atoms with Gasteiger partial charge in [-0.25, -0.2) is 0 Å². The zero-order valence-corrected chi connectivity index (χ0v) is 23.3. The van der Waals surface area contributed by atoms with Gasteiger partial charge in [-0.1, -0.05) is 48.5 Å². The van der Waals surface area contributed by atoms with E-state index in [1.54, 1.807) is 0 Å². The Morgan fingerprint density at radius 1 is 0.975 bits per heavy atom. The summed E-state index contributed by atoms with van der Waals surface area (Å²) in [4.78, 5) is 22.6. The van der Waals surface area contributed by atoms with Crippen molar-refractivity contribution >= 4 is 11.9 Å². The maximum absolute atomic E-state index is 11.4. The third-order valence-corrected chi connectivity index (χ3v) is 8.02. The highest BCUT2D eigenvalue weighted by Gasteiger charge is 2.43. The average molecular weight is 543 g/mol. The number of carboxylic acid groups (broad SMARTS) is 1. The van der Waals surface area contributed by atoms with Crippen LogP contribution in [-0.4, -0.2) is 36.7 Å². The zero-order valence-electron chi connectivity index (χ0n) is 23.3. The van der Waals surface area contributed by atoms with Crippen LogP contribution in [0.2, 0.25) is 0 Å². The van der Waals surface area contributed by atoms with E-state index in [0.717, 1.165) is 41.9 Å². The predicted octanol–water partition coefficient (Wildman–Crippen LogP) is 5.05. The Hall–Kier alpha value is -3.84. The summed E-state index contributed by atoms with van der Waals surface area (Å²) in [6, 6.07) is 18.7. The van der Waals surface area contributed by atoms with Gasteiger partial charge in [-0.05, 0) is 66.0 Å². The van der Waals surface area contributed by atoms with Crippen LogP contribution in [0.15, 0.2) is 54.6 Å². The standard InChI is InChI=1S/C33H38N2O5/c1-21-24(10-6-11-26(21)23-8-4-3-5-9-23)19-39-31-17-32(40-20-25-16-29(25)33(37)38)30(27-12-7-13-28(27)31)18-34-14-15-35-22(2)36/h3-6,8-11,17,25,29,34H,7,12-16,18-20H2,1-2H3,(H,35,36)(H,37,38)/t25-,29-/m1/s1. The fourth-order valence-electron chi connectivity index (χ4n) is 5.64. The molecule has 2 aliphatic rings. The van der Waals surface area contributed by atoms with Crippen LogP contribution in [0.4, 0.5) is 0 Å². The minimum absolute atomic E-state index is 0.0408. The van der Waals surface area contributed by atoms with E-state index in [9.17, 15) is 14.7 Å². The second-order valence-electron chi connectivity index (χ2n) is 10.8. The topological polar surface area (TPSA) is 96.9 Å². The molecule has 0 spiro atoms. The molecule has 0 bridgehead atoms. The van der Waals surface area contributed by atoms with Crippen molar-refractivity contribution in [2.75, 3.05) is 19.7 Å². The average Bonchev–Trinajstić information content (AvgIpc) is 3.57. The molecule has 0 unspecified atom stereocenters. The summed E-state index contributed by atoms with van der Waals surface area (Å²) in [6.45, 7) is 6.31. The number of rotatable bonds is 13. The van der Waals surface area contributed by atoms with Crippen LogP contribution >= 0.6 is 0 Å². The molecule has 2 atom stereocenters. The van der Waals surface area contributed by atoms with E-state index in [0.29, 0.717) is 39.3 Å². The second kappa shape index (κ2) is 12.6. The van der Waals surface area contributed by atoms with Crippen LogP contribution in [0, 0.1) is 18.8 Å². The first-order valence-corrected chi connectivity index (χ1v) is 14.2. The molecule has 1 saturated carbocycles. The third kappa shape index (κ3) is 6.48. The van der Waals surface area contributed by atoms with Crippen LogP contribution in [0.3, 0.4) is 0 Å². The summed E-state index contributed by atoms with van der Waals surface area (Å²) in [5.74, 6) is 0.533. The summed E-state index contributed by atoms with van der Waals surface area (Å²) in [5.41, 5.74) is 8.34. The lowest BCUT2D eigenvalue weighted by Crippen LogP contribution is -2.30. The number of benzene rings is 3. The minimum Gasteiger partial charge on any atom is -0.493 e. The van der Waals surface area contributed by atoms with Gasteiger partial charge in [0.1, 0.15) is 18.1 Å². The molecule has 3 aromatic rings. The van der Waals surface area contributed by atoms with Gasteiger partial charge in [0.05, 0.1) is 12.5 Å². The lowest BCUT2D eigenvalue weighted by Gasteiger charge is -2.20. The number of aliphatic carboxylic acids is 1. The molecule has 0 aromatic heterocycles. The number of amides is 1. The van der Waals surface area contributed by atoms with Crippen LogP contribution in [-0.2, 0) is 35.6 Å². The summed E-state index contributed by atoms with van der Waals surface area (Å²) in [7, 11) is 0. The minimum atomic E-state index is -0.750. The molecular weight excluding hydrogens is 504 g/mol. The first-order valence-electron chi connectivity index (χ1n) is 14.2. The van der Waals surface area contributed by atoms with Crippen LogP contribution in [0.25, 0.3) is 11.1 Å². The van der Waals surface area contributed by atoms with Gasteiger partial charge in [0.2, 0.25) is 5.91 Å². The number of carbonyl (C=O) groups excluding carboxylic acids is 1. The molecule has 7 heteroatoms. The Bertz CT molecular complexity index is 1370. The molecule has 0 saturated heterocycles. The fraction of sp³-hybridized carbons (Fsp3) is 0.394. The Balaban J connectivity index is 1.36. The van der Waals surface area contributed by atoms with Crippen LogP contribution in [0.1, 0.15) is 47.6 Å². The van der Waals surface area contributed by atoms with Gasteiger partial charge in [0.25, 0.3) is 0 Å². The molecule has 7 nitrogen and oxygen atoms in total. The maximum Gasteiger partial charge on any atom is 0.306 e. The highest BCUT2D eigenvalue weighted by molar-refractivity contribution is 5.73. The smallest absolute Gasteiger partial charge is 0.306 e. The highest BCUT2D eigenvalue weighted by atomic mass is 16.5. The molecule has 1 amide bonds. The van der Waals surface area contributed by atoms with Crippen molar-refractivity contribution in [3.8, 4) is 22.6 Å². The summed E-state index contributed by atoms with van der Waals surface area (Å²) >= 11 is 0. The van der Waals surface area contributed by atoms with Crippen molar-refractivity contribution in [1.82, 2.24) is 10.6 Å². The van der Waals surface area contributed by atoms with Crippen molar-refractivity contribution in [3.63, 3.8) is 0 Å². The number of ether oxygens (including phenoxy) is 2. The lowest BCUT2D eigenvalue weighted by atomic mass is 9.97. The van der Waals surface area contributed by atoms with E-state index < -0.39 is 5.97 Å². The number of carboxylic acids is 1. The van der Waals surface area contributed by atoms with Crippen molar-refractivity contribution < 1.29 is 24.2 Å². The Morgan fingerprint density at radius 2 is 1.77 bits per heavy atom. The number of nitrogens with one attached hydrogen (secondary N) is 2. The normalized spacial score (nSPS) is 17.2. The second-order valence-corrected chi connectivity index (χ2v) is 10.8. The first-order chi connectivity index (χ1) is 19.4. The van der Waals surface area contributed by atoms with Gasteiger partial charge in [-0.2, -0.15) is 0 Å². The van der Waals surface area contributed by atoms with Crippen molar-refractivity contribution in [3.05, 3.63) is 82.4 Å². The van der Waals surface area contributed by atoms with Gasteiger partial charge in [0, 0.05) is 44.1 Å². The van der Waals surface area contributed by atoms with E-state index in [4.69, 9.17) is 9.47 Å². The van der Waals surface area contributed by atoms with Crippen molar-refractivity contribution in [2.45, 2.75) is 52.7 Å². The largest absolute Gasteiger partial charge is 0.493 e. The van der Waals surface area contributed by atoms with Gasteiger partial charge >= 0.3 is 5.97 Å². The molecule has 40 heavy (non-hydrogen) atoms. The van der Waals surface area contributed by atoms with Gasteiger partial charge in [-0.3, -0.25) is 9.59 Å². The van der Waals surface area contributed by atoms with E-state index in [1.165, 1.54) is 34.7 Å². The fourth-order valence-corrected chi connectivity index (χ4v) is 5.64. The number of carbonyl (C=O) groups is 2. The van der Waals surface area contributed by atoms with E-state index in [-0.39, 0.29) is 17.7 Å². The van der Waals surface area contributed by atoms with Crippen LogP contribution in [0.5, 0.6) is 11.5 Å². The summed E-state index contributed by atoms with van der Waals surface area (Å²) < 4.78 is 12.8. The van der Waals surface area contributed by atoms with E-state index >= 15 is 0 Å². The zero-order chi connectivity index (χ0) is 28.1. The molecule has 0 heterocycles. The molecule has 0 aliphatic heterocycles. The Labute approximate surface area is 235 Å². The predicted molar refractivity (Wildman–Crippen MR) is 155 cm³/mol. The Kier molecular flexibility index (Phi) is 8.70. The SMILES string of the molecule is CC(=O)NCCNCc1c(OC[C@H]2C[C@H]2C(=O)O)cc(OCc2cccc(-c3ccccc3)c2C)c2c1CCC2. The number of hydrogen-bond acceptors (Lipinski definition) is 5.